The van der Waals surface area contributed by atoms with Crippen LogP contribution in [0.25, 0.3) is 0 Å². The molecule has 0 fully saturated rings. The summed E-state index contributed by atoms with van der Waals surface area (Å²) in [5, 5.41) is 8.83. The average molecular weight is 342 g/mol. The van der Waals surface area contributed by atoms with E-state index in [9.17, 15) is 9.59 Å². The molecule has 1 rings (SSSR count). The second-order valence-corrected chi connectivity index (χ2v) is 6.61. The van der Waals surface area contributed by atoms with Crippen LogP contribution in [0.4, 0.5) is 0 Å². The van der Waals surface area contributed by atoms with Gasteiger partial charge in [0.1, 0.15) is 0 Å². The minimum Gasteiger partial charge on any atom is -0.481 e. The van der Waals surface area contributed by atoms with Gasteiger partial charge in [0.05, 0.1) is 12.0 Å². The number of hydrogen-bond acceptors (Lipinski definition) is 2. The SMILES string of the molecule is Cc1ccc(Br)c(C(=O)N(CCC(=O)O)C(C)(C)C)c1. The number of carbonyl (C=O) groups excluding carboxylic acids is 1. The highest BCUT2D eigenvalue weighted by molar-refractivity contribution is 9.10. The second kappa shape index (κ2) is 6.39. The number of aryl methyl sites for hydroxylation is 1. The zero-order chi connectivity index (χ0) is 15.5. The summed E-state index contributed by atoms with van der Waals surface area (Å²) in [6.45, 7) is 7.81. The molecule has 0 aliphatic carbocycles. The topological polar surface area (TPSA) is 57.6 Å². The van der Waals surface area contributed by atoms with E-state index in [0.29, 0.717) is 5.56 Å². The number of amides is 1. The van der Waals surface area contributed by atoms with E-state index >= 15 is 0 Å². The van der Waals surface area contributed by atoms with E-state index in [1.807, 2.05) is 45.9 Å². The fraction of sp³-hybridized carbons (Fsp3) is 0.467. The summed E-state index contributed by atoms with van der Waals surface area (Å²) < 4.78 is 0.720. The predicted octanol–water partition coefficient (Wildman–Crippen LogP) is 3.47. The zero-order valence-electron chi connectivity index (χ0n) is 12.2. The summed E-state index contributed by atoms with van der Waals surface area (Å²) in [6.07, 6.45) is -0.0631. The van der Waals surface area contributed by atoms with Crippen LogP contribution >= 0.6 is 15.9 Å². The molecule has 0 unspecified atom stereocenters. The van der Waals surface area contributed by atoms with Crippen LogP contribution in [0.5, 0.6) is 0 Å². The standard InChI is InChI=1S/C15H20BrNO3/c1-10-5-6-12(16)11(9-10)14(20)17(15(2,3)4)8-7-13(18)19/h5-6,9H,7-8H2,1-4H3,(H,18,19). The van der Waals surface area contributed by atoms with Crippen molar-refractivity contribution in [2.24, 2.45) is 0 Å². The summed E-state index contributed by atoms with van der Waals surface area (Å²) in [5.41, 5.74) is 1.12. The number of carboxylic acids is 1. The third kappa shape index (κ3) is 4.34. The van der Waals surface area contributed by atoms with Crippen molar-refractivity contribution in [3.8, 4) is 0 Å². The van der Waals surface area contributed by atoms with Crippen LogP contribution in [-0.2, 0) is 4.79 Å². The molecule has 1 aromatic rings. The van der Waals surface area contributed by atoms with Gasteiger partial charge in [-0.05, 0) is 55.8 Å². The molecule has 0 saturated carbocycles. The summed E-state index contributed by atoms with van der Waals surface area (Å²) in [7, 11) is 0. The van der Waals surface area contributed by atoms with Gasteiger partial charge >= 0.3 is 5.97 Å². The molecule has 4 nitrogen and oxygen atoms in total. The Morgan fingerprint density at radius 3 is 2.40 bits per heavy atom. The fourth-order valence-electron chi connectivity index (χ4n) is 1.90. The number of aliphatic carboxylic acids is 1. The Hall–Kier alpha value is -1.36. The molecule has 5 heteroatoms. The highest BCUT2D eigenvalue weighted by Crippen LogP contribution is 2.24. The Balaban J connectivity index is 3.10. The number of rotatable bonds is 4. The first-order valence-electron chi connectivity index (χ1n) is 6.43. The minimum absolute atomic E-state index is 0.0631. The van der Waals surface area contributed by atoms with E-state index in [1.165, 1.54) is 0 Å². The van der Waals surface area contributed by atoms with E-state index in [4.69, 9.17) is 5.11 Å². The van der Waals surface area contributed by atoms with Gasteiger partial charge < -0.3 is 10.0 Å². The molecule has 1 aromatic carbocycles. The van der Waals surface area contributed by atoms with Gasteiger partial charge in [-0.15, -0.1) is 0 Å². The lowest BCUT2D eigenvalue weighted by Gasteiger charge is -2.35. The van der Waals surface area contributed by atoms with Gasteiger partial charge in [-0.1, -0.05) is 11.6 Å². The Morgan fingerprint density at radius 1 is 1.30 bits per heavy atom. The highest BCUT2D eigenvalue weighted by Gasteiger charge is 2.28. The maximum atomic E-state index is 12.7. The summed E-state index contributed by atoms with van der Waals surface area (Å²) in [4.78, 5) is 25.0. The molecule has 20 heavy (non-hydrogen) atoms. The minimum atomic E-state index is -0.907. The molecule has 1 amide bonds. The molecule has 0 heterocycles. The predicted molar refractivity (Wildman–Crippen MR) is 81.9 cm³/mol. The number of carbonyl (C=O) groups is 2. The van der Waals surface area contributed by atoms with E-state index in [1.54, 1.807) is 4.90 Å². The van der Waals surface area contributed by atoms with Crippen molar-refractivity contribution in [1.82, 2.24) is 4.90 Å². The molecular formula is C15H20BrNO3. The first-order valence-corrected chi connectivity index (χ1v) is 7.22. The van der Waals surface area contributed by atoms with Crippen LogP contribution in [0.1, 0.15) is 43.1 Å². The molecule has 0 spiro atoms. The van der Waals surface area contributed by atoms with Gasteiger partial charge in [-0.2, -0.15) is 0 Å². The van der Waals surface area contributed by atoms with Gasteiger partial charge in [0, 0.05) is 16.6 Å². The van der Waals surface area contributed by atoms with Crippen molar-refractivity contribution < 1.29 is 14.7 Å². The number of hydrogen-bond donors (Lipinski definition) is 1. The summed E-state index contributed by atoms with van der Waals surface area (Å²) >= 11 is 3.38. The molecule has 0 radical (unpaired) electrons. The maximum absolute atomic E-state index is 12.7. The number of benzene rings is 1. The van der Waals surface area contributed by atoms with Crippen molar-refractivity contribution >= 4 is 27.8 Å². The number of halogens is 1. The van der Waals surface area contributed by atoms with Gasteiger partial charge in [0.25, 0.3) is 5.91 Å². The van der Waals surface area contributed by atoms with Crippen molar-refractivity contribution in [2.45, 2.75) is 39.7 Å². The molecule has 0 atom stereocenters. The first-order chi connectivity index (χ1) is 9.12. The lowest BCUT2D eigenvalue weighted by atomic mass is 10.0. The van der Waals surface area contributed by atoms with Gasteiger partial charge in [0.2, 0.25) is 0 Å². The van der Waals surface area contributed by atoms with Crippen molar-refractivity contribution in [3.63, 3.8) is 0 Å². The molecule has 0 aromatic heterocycles. The molecule has 0 aliphatic rings. The van der Waals surface area contributed by atoms with Crippen molar-refractivity contribution in [2.75, 3.05) is 6.54 Å². The first kappa shape index (κ1) is 16.7. The lowest BCUT2D eigenvalue weighted by Crippen LogP contribution is -2.46. The molecule has 0 saturated heterocycles. The quantitative estimate of drug-likeness (QED) is 0.911. The van der Waals surface area contributed by atoms with Crippen molar-refractivity contribution in [1.29, 1.82) is 0 Å². The van der Waals surface area contributed by atoms with E-state index < -0.39 is 11.5 Å². The molecular weight excluding hydrogens is 322 g/mol. The Morgan fingerprint density at radius 2 is 1.90 bits per heavy atom. The van der Waals surface area contributed by atoms with Crippen molar-refractivity contribution in [3.05, 3.63) is 33.8 Å². The van der Waals surface area contributed by atoms with Crippen LogP contribution in [0.2, 0.25) is 0 Å². The number of carboxylic acid groups (broad SMARTS) is 1. The Labute approximate surface area is 127 Å². The monoisotopic (exact) mass is 341 g/mol. The summed E-state index contributed by atoms with van der Waals surface area (Å²) in [6, 6.07) is 5.56. The summed E-state index contributed by atoms with van der Waals surface area (Å²) in [5.74, 6) is -1.07. The fourth-order valence-corrected chi connectivity index (χ4v) is 2.31. The number of nitrogens with zero attached hydrogens (tertiary/aromatic N) is 1. The smallest absolute Gasteiger partial charge is 0.305 e. The zero-order valence-corrected chi connectivity index (χ0v) is 13.8. The normalized spacial score (nSPS) is 11.2. The lowest BCUT2D eigenvalue weighted by molar-refractivity contribution is -0.137. The van der Waals surface area contributed by atoms with Crippen LogP contribution in [-0.4, -0.2) is 34.0 Å². The van der Waals surface area contributed by atoms with Gasteiger partial charge in [0.15, 0.2) is 0 Å². The van der Waals surface area contributed by atoms with Crippen LogP contribution in [0.15, 0.2) is 22.7 Å². The van der Waals surface area contributed by atoms with Crippen LogP contribution in [0.3, 0.4) is 0 Å². The molecule has 0 aliphatic heterocycles. The Bertz CT molecular complexity index is 520. The molecule has 1 N–H and O–H groups in total. The van der Waals surface area contributed by atoms with Gasteiger partial charge in [-0.3, -0.25) is 9.59 Å². The van der Waals surface area contributed by atoms with E-state index in [2.05, 4.69) is 15.9 Å². The maximum Gasteiger partial charge on any atom is 0.305 e. The van der Waals surface area contributed by atoms with Crippen LogP contribution < -0.4 is 0 Å². The average Bonchev–Trinajstić information content (AvgIpc) is 2.30. The highest BCUT2D eigenvalue weighted by atomic mass is 79.9. The molecule has 110 valence electrons. The third-order valence-electron chi connectivity index (χ3n) is 2.96. The largest absolute Gasteiger partial charge is 0.481 e. The van der Waals surface area contributed by atoms with Crippen LogP contribution in [0, 0.1) is 6.92 Å². The second-order valence-electron chi connectivity index (χ2n) is 5.75. The van der Waals surface area contributed by atoms with E-state index in [0.717, 1.165) is 10.0 Å². The molecule has 0 bridgehead atoms. The van der Waals surface area contributed by atoms with Gasteiger partial charge in [-0.25, -0.2) is 0 Å². The third-order valence-corrected chi connectivity index (χ3v) is 3.65. The van der Waals surface area contributed by atoms with E-state index in [-0.39, 0.29) is 18.9 Å². The Kier molecular flexibility index (Phi) is 5.34.